The highest BCUT2D eigenvalue weighted by atomic mass is 16.3. The minimum atomic E-state index is -0.259. The molecule has 4 heteroatoms. The zero-order valence-corrected chi connectivity index (χ0v) is 8.64. The smallest absolute Gasteiger partial charge is 0.291 e. The molecule has 3 N–H and O–H groups in total. The molecule has 1 heterocycles. The number of rotatable bonds is 3. The van der Waals surface area contributed by atoms with Crippen LogP contribution in [0.1, 0.15) is 16.1 Å². The number of carbonyl (C=O) groups excluding carboxylic acids is 1. The summed E-state index contributed by atoms with van der Waals surface area (Å²) in [5, 5.41) is 2.72. The van der Waals surface area contributed by atoms with Crippen molar-refractivity contribution in [1.82, 2.24) is 0 Å². The van der Waals surface area contributed by atoms with Crippen molar-refractivity contribution in [3.8, 4) is 0 Å². The van der Waals surface area contributed by atoms with Crippen molar-refractivity contribution in [2.45, 2.75) is 6.54 Å². The van der Waals surface area contributed by atoms with Crippen LogP contribution in [-0.2, 0) is 6.54 Å². The highest BCUT2D eigenvalue weighted by Crippen LogP contribution is 2.11. The van der Waals surface area contributed by atoms with Crippen LogP contribution in [0.25, 0.3) is 0 Å². The highest BCUT2D eigenvalue weighted by Gasteiger charge is 2.07. The molecule has 82 valence electrons. The summed E-state index contributed by atoms with van der Waals surface area (Å²) in [6.45, 7) is 0.492. The van der Waals surface area contributed by atoms with Crippen LogP contribution in [0.5, 0.6) is 0 Å². The first-order valence-electron chi connectivity index (χ1n) is 4.93. The average Bonchev–Trinajstić information content (AvgIpc) is 2.83. The zero-order valence-electron chi connectivity index (χ0n) is 8.64. The van der Waals surface area contributed by atoms with Crippen LogP contribution >= 0.6 is 0 Å². The fraction of sp³-hybridized carbons (Fsp3) is 0.0833. The molecular formula is C12H12N2O2. The normalized spacial score (nSPS) is 10.1. The predicted octanol–water partition coefficient (Wildman–Crippen LogP) is 1.99. The van der Waals surface area contributed by atoms with Crippen LogP contribution in [0.4, 0.5) is 5.69 Å². The van der Waals surface area contributed by atoms with Crippen molar-refractivity contribution in [3.63, 3.8) is 0 Å². The van der Waals surface area contributed by atoms with E-state index in [-0.39, 0.29) is 5.91 Å². The van der Waals surface area contributed by atoms with Crippen molar-refractivity contribution in [2.24, 2.45) is 5.73 Å². The van der Waals surface area contributed by atoms with Crippen molar-refractivity contribution in [2.75, 3.05) is 5.32 Å². The van der Waals surface area contributed by atoms with Crippen LogP contribution in [0.15, 0.2) is 47.1 Å². The molecule has 1 aromatic heterocycles. The monoisotopic (exact) mass is 216 g/mol. The lowest BCUT2D eigenvalue weighted by Crippen LogP contribution is -2.10. The van der Waals surface area contributed by atoms with E-state index in [0.29, 0.717) is 12.3 Å². The van der Waals surface area contributed by atoms with E-state index in [4.69, 9.17) is 10.2 Å². The SMILES string of the molecule is NCc1ccc(NC(=O)c2ccco2)cc1. The van der Waals surface area contributed by atoms with Gasteiger partial charge < -0.3 is 15.5 Å². The number of amides is 1. The Morgan fingerprint density at radius 3 is 2.56 bits per heavy atom. The number of anilines is 1. The van der Waals surface area contributed by atoms with Crippen molar-refractivity contribution >= 4 is 11.6 Å². The Balaban J connectivity index is 2.06. The molecule has 0 spiro atoms. The molecule has 0 aliphatic carbocycles. The molecule has 2 aromatic rings. The Bertz CT molecular complexity index is 460. The molecule has 0 bridgehead atoms. The summed E-state index contributed by atoms with van der Waals surface area (Å²) in [7, 11) is 0. The minimum absolute atomic E-state index is 0.259. The van der Waals surface area contributed by atoms with Gasteiger partial charge in [0.1, 0.15) is 0 Å². The standard InChI is InChI=1S/C12H12N2O2/c13-8-9-3-5-10(6-4-9)14-12(15)11-2-1-7-16-11/h1-7H,8,13H2,(H,14,15). The van der Waals surface area contributed by atoms with Gasteiger partial charge in [0.15, 0.2) is 5.76 Å². The Morgan fingerprint density at radius 1 is 1.25 bits per heavy atom. The summed E-state index contributed by atoms with van der Waals surface area (Å²) in [5.74, 6) is 0.0356. The number of benzene rings is 1. The van der Waals surface area contributed by atoms with Gasteiger partial charge in [0.05, 0.1) is 6.26 Å². The maximum absolute atomic E-state index is 11.6. The highest BCUT2D eigenvalue weighted by molar-refractivity contribution is 6.02. The third-order valence-corrected chi connectivity index (χ3v) is 2.19. The maximum atomic E-state index is 11.6. The van der Waals surface area contributed by atoms with Gasteiger partial charge in [0.25, 0.3) is 5.91 Å². The van der Waals surface area contributed by atoms with E-state index >= 15 is 0 Å². The first-order chi connectivity index (χ1) is 7.79. The summed E-state index contributed by atoms with van der Waals surface area (Å²) < 4.78 is 4.98. The molecule has 16 heavy (non-hydrogen) atoms. The molecule has 4 nitrogen and oxygen atoms in total. The first kappa shape index (κ1) is 10.4. The van der Waals surface area contributed by atoms with E-state index in [0.717, 1.165) is 11.3 Å². The summed E-state index contributed by atoms with van der Waals surface area (Å²) in [5.41, 5.74) is 7.22. The number of furan rings is 1. The van der Waals surface area contributed by atoms with Crippen molar-refractivity contribution in [1.29, 1.82) is 0 Å². The molecule has 1 amide bonds. The minimum Gasteiger partial charge on any atom is -0.459 e. The van der Waals surface area contributed by atoms with Gasteiger partial charge in [-0.3, -0.25) is 4.79 Å². The molecule has 0 saturated carbocycles. The average molecular weight is 216 g/mol. The fourth-order valence-corrected chi connectivity index (χ4v) is 1.32. The molecule has 0 saturated heterocycles. The summed E-state index contributed by atoms with van der Waals surface area (Å²) >= 11 is 0. The second-order valence-corrected chi connectivity index (χ2v) is 3.33. The molecule has 0 aliphatic rings. The van der Waals surface area contributed by atoms with Gasteiger partial charge in [-0.05, 0) is 29.8 Å². The molecule has 0 fully saturated rings. The third-order valence-electron chi connectivity index (χ3n) is 2.19. The summed E-state index contributed by atoms with van der Waals surface area (Å²) in [4.78, 5) is 11.6. The molecular weight excluding hydrogens is 204 g/mol. The van der Waals surface area contributed by atoms with Crippen LogP contribution in [-0.4, -0.2) is 5.91 Å². The zero-order chi connectivity index (χ0) is 11.4. The Hall–Kier alpha value is -2.07. The van der Waals surface area contributed by atoms with Crippen LogP contribution < -0.4 is 11.1 Å². The molecule has 0 radical (unpaired) electrons. The summed E-state index contributed by atoms with van der Waals surface area (Å²) in [6.07, 6.45) is 1.46. The Labute approximate surface area is 93.1 Å². The van der Waals surface area contributed by atoms with Crippen molar-refractivity contribution in [3.05, 3.63) is 54.0 Å². The lowest BCUT2D eigenvalue weighted by atomic mass is 10.2. The number of hydrogen-bond donors (Lipinski definition) is 2. The lowest BCUT2D eigenvalue weighted by molar-refractivity contribution is 0.0996. The van der Waals surface area contributed by atoms with E-state index in [1.54, 1.807) is 12.1 Å². The third kappa shape index (κ3) is 2.29. The Morgan fingerprint density at radius 2 is 2.00 bits per heavy atom. The molecule has 1 aromatic carbocycles. The van der Waals surface area contributed by atoms with Crippen LogP contribution in [0, 0.1) is 0 Å². The van der Waals surface area contributed by atoms with E-state index in [1.807, 2.05) is 24.3 Å². The lowest BCUT2D eigenvalue weighted by Gasteiger charge is -2.03. The van der Waals surface area contributed by atoms with E-state index < -0.39 is 0 Å². The second kappa shape index (κ2) is 4.63. The van der Waals surface area contributed by atoms with Crippen LogP contribution in [0.2, 0.25) is 0 Å². The molecule has 2 rings (SSSR count). The number of hydrogen-bond acceptors (Lipinski definition) is 3. The van der Waals surface area contributed by atoms with Gasteiger partial charge in [0.2, 0.25) is 0 Å². The second-order valence-electron chi connectivity index (χ2n) is 3.33. The Kier molecular flexibility index (Phi) is 3.03. The quantitative estimate of drug-likeness (QED) is 0.824. The number of nitrogens with two attached hydrogens (primary N) is 1. The maximum Gasteiger partial charge on any atom is 0.291 e. The predicted molar refractivity (Wildman–Crippen MR) is 61.0 cm³/mol. The molecule has 0 atom stereocenters. The van der Waals surface area contributed by atoms with Gasteiger partial charge in [-0.15, -0.1) is 0 Å². The largest absolute Gasteiger partial charge is 0.459 e. The van der Waals surface area contributed by atoms with Gasteiger partial charge in [0, 0.05) is 12.2 Å². The molecule has 0 unspecified atom stereocenters. The van der Waals surface area contributed by atoms with E-state index in [2.05, 4.69) is 5.32 Å². The van der Waals surface area contributed by atoms with Crippen molar-refractivity contribution < 1.29 is 9.21 Å². The van der Waals surface area contributed by atoms with E-state index in [1.165, 1.54) is 6.26 Å². The van der Waals surface area contributed by atoms with Crippen LogP contribution in [0.3, 0.4) is 0 Å². The number of carbonyl (C=O) groups is 1. The van der Waals surface area contributed by atoms with Gasteiger partial charge in [-0.25, -0.2) is 0 Å². The fourth-order valence-electron chi connectivity index (χ4n) is 1.32. The van der Waals surface area contributed by atoms with Gasteiger partial charge in [-0.1, -0.05) is 12.1 Å². The topological polar surface area (TPSA) is 68.3 Å². The van der Waals surface area contributed by atoms with Gasteiger partial charge in [-0.2, -0.15) is 0 Å². The number of nitrogens with one attached hydrogen (secondary N) is 1. The summed E-state index contributed by atoms with van der Waals surface area (Å²) in [6, 6.07) is 10.7. The molecule has 0 aliphatic heterocycles. The first-order valence-corrected chi connectivity index (χ1v) is 4.93. The van der Waals surface area contributed by atoms with Gasteiger partial charge >= 0.3 is 0 Å². The van der Waals surface area contributed by atoms with E-state index in [9.17, 15) is 4.79 Å².